The maximum Gasteiger partial charge on any atom is 0.160 e. The molecule has 3 aromatic heterocycles. The number of aromatic nitrogens is 3. The predicted molar refractivity (Wildman–Crippen MR) is 115 cm³/mol. The van der Waals surface area contributed by atoms with Gasteiger partial charge in [0.25, 0.3) is 0 Å². The van der Waals surface area contributed by atoms with E-state index in [0.717, 1.165) is 43.2 Å². The summed E-state index contributed by atoms with van der Waals surface area (Å²) in [5.41, 5.74) is 2.79. The predicted octanol–water partition coefficient (Wildman–Crippen LogP) is 5.10. The van der Waals surface area contributed by atoms with E-state index in [0.29, 0.717) is 11.6 Å². The molecule has 136 valence electrons. The summed E-state index contributed by atoms with van der Waals surface area (Å²) in [6.07, 6.45) is 0. The first-order chi connectivity index (χ1) is 13.7. The van der Waals surface area contributed by atoms with E-state index in [1.807, 2.05) is 48.7 Å². The van der Waals surface area contributed by atoms with Crippen LogP contribution >= 0.6 is 34.3 Å². The van der Waals surface area contributed by atoms with Gasteiger partial charge >= 0.3 is 0 Å². The first-order valence-corrected chi connectivity index (χ1v) is 10.7. The lowest BCUT2D eigenvalue weighted by molar-refractivity contribution is 0.869. The van der Waals surface area contributed by atoms with E-state index < -0.39 is 0 Å². The van der Waals surface area contributed by atoms with Crippen molar-refractivity contribution in [2.24, 2.45) is 4.99 Å². The second-order valence-electron chi connectivity index (χ2n) is 6.20. The van der Waals surface area contributed by atoms with Crippen molar-refractivity contribution in [3.63, 3.8) is 0 Å². The van der Waals surface area contributed by atoms with E-state index in [-0.39, 0.29) is 0 Å². The third-order valence-corrected chi connectivity index (χ3v) is 6.55. The number of thiophene rings is 2. The minimum absolute atomic E-state index is 0.457. The summed E-state index contributed by atoms with van der Waals surface area (Å²) < 4.78 is 2.07. The molecule has 0 unspecified atom stereocenters. The van der Waals surface area contributed by atoms with E-state index in [9.17, 15) is 0 Å². The molecule has 5 rings (SSSR count). The minimum Gasteiger partial charge on any atom is -0.276 e. The van der Waals surface area contributed by atoms with Crippen LogP contribution < -0.4 is 0 Å². The van der Waals surface area contributed by atoms with Gasteiger partial charge < -0.3 is 0 Å². The van der Waals surface area contributed by atoms with Crippen LogP contribution in [0.2, 0.25) is 5.02 Å². The summed E-state index contributed by atoms with van der Waals surface area (Å²) in [6, 6.07) is 13.9. The highest BCUT2D eigenvalue weighted by Gasteiger charge is 2.25. The lowest BCUT2D eigenvalue weighted by Gasteiger charge is -2.08. The number of fused-ring (bicyclic) bond motifs is 3. The third kappa shape index (κ3) is 2.98. The van der Waals surface area contributed by atoms with Crippen LogP contribution in [0.25, 0.3) is 5.00 Å². The second kappa shape index (κ2) is 7.02. The maximum absolute atomic E-state index is 6.49. The van der Waals surface area contributed by atoms with Crippen molar-refractivity contribution >= 4 is 40.0 Å². The van der Waals surface area contributed by atoms with Crippen LogP contribution in [0.15, 0.2) is 52.8 Å². The third-order valence-electron chi connectivity index (χ3n) is 4.40. The lowest BCUT2D eigenvalue weighted by atomic mass is 10.0. The number of hydrogen-bond donors (Lipinski definition) is 0. The smallest absolute Gasteiger partial charge is 0.160 e. The summed E-state index contributed by atoms with van der Waals surface area (Å²) in [5, 5.41) is 12.3. The fraction of sp³-hybridized carbons (Fsp3) is 0.0952. The highest BCUT2D eigenvalue weighted by Crippen LogP contribution is 2.34. The molecular formula is C21H13ClN4S2. The average Bonchev–Trinajstić information content (AvgIpc) is 3.41. The van der Waals surface area contributed by atoms with Crippen molar-refractivity contribution in [1.82, 2.24) is 14.8 Å². The summed E-state index contributed by atoms with van der Waals surface area (Å²) in [7, 11) is 0. The molecule has 4 nitrogen and oxygen atoms in total. The van der Waals surface area contributed by atoms with Crippen LogP contribution in [0.1, 0.15) is 32.5 Å². The van der Waals surface area contributed by atoms with Crippen molar-refractivity contribution in [3.8, 4) is 16.8 Å². The van der Waals surface area contributed by atoms with Gasteiger partial charge in [0, 0.05) is 16.1 Å². The van der Waals surface area contributed by atoms with Crippen LogP contribution in [-0.4, -0.2) is 20.5 Å². The Bertz CT molecular complexity index is 1270. The van der Waals surface area contributed by atoms with Gasteiger partial charge in [-0.1, -0.05) is 35.9 Å². The molecule has 0 spiro atoms. The Morgan fingerprint density at radius 3 is 2.71 bits per heavy atom. The van der Waals surface area contributed by atoms with E-state index in [4.69, 9.17) is 16.6 Å². The minimum atomic E-state index is 0.457. The van der Waals surface area contributed by atoms with Crippen molar-refractivity contribution in [2.45, 2.75) is 13.5 Å². The molecule has 0 saturated carbocycles. The van der Waals surface area contributed by atoms with Crippen LogP contribution in [-0.2, 0) is 6.54 Å². The fourth-order valence-corrected chi connectivity index (χ4v) is 5.02. The summed E-state index contributed by atoms with van der Waals surface area (Å²) in [6.45, 7) is 2.41. The summed E-state index contributed by atoms with van der Waals surface area (Å²) >= 11 is 9.75. The van der Waals surface area contributed by atoms with Gasteiger partial charge in [0.1, 0.15) is 17.4 Å². The van der Waals surface area contributed by atoms with Gasteiger partial charge in [0.05, 0.1) is 15.5 Å². The van der Waals surface area contributed by atoms with Crippen LogP contribution in [0.5, 0.6) is 0 Å². The standard InChI is InChI=1S/C21H13ClN4S2/c1-13-24-25-19-12-23-20(16-6-2-3-7-18(16)22)17-11-15(28-21(17)26(13)19)9-8-14-5-4-10-27-14/h2-7,10-11H,12H2,1H3. The molecule has 28 heavy (non-hydrogen) atoms. The largest absolute Gasteiger partial charge is 0.276 e. The van der Waals surface area contributed by atoms with Gasteiger partial charge in [-0.15, -0.1) is 32.9 Å². The lowest BCUT2D eigenvalue weighted by Crippen LogP contribution is -2.05. The monoisotopic (exact) mass is 420 g/mol. The molecule has 1 aliphatic heterocycles. The zero-order valence-electron chi connectivity index (χ0n) is 14.8. The molecule has 1 aliphatic rings. The molecule has 0 aliphatic carbocycles. The van der Waals surface area contributed by atoms with Crippen LogP contribution in [0, 0.1) is 18.8 Å². The van der Waals surface area contributed by atoms with E-state index in [2.05, 4.69) is 32.7 Å². The normalized spacial score (nSPS) is 12.4. The van der Waals surface area contributed by atoms with Gasteiger partial charge in [-0.2, -0.15) is 0 Å². The Hall–Kier alpha value is -2.72. The molecular weight excluding hydrogens is 408 g/mol. The first kappa shape index (κ1) is 17.4. The van der Waals surface area contributed by atoms with Crippen LogP contribution in [0.3, 0.4) is 0 Å². The SMILES string of the molecule is Cc1nnc2n1-c1sc(C#Cc3cccs3)cc1C(c1ccccc1Cl)=NC2. The average molecular weight is 421 g/mol. The molecule has 4 heterocycles. The van der Waals surface area contributed by atoms with Gasteiger partial charge in [-0.3, -0.25) is 9.56 Å². The zero-order valence-corrected chi connectivity index (χ0v) is 17.2. The quantitative estimate of drug-likeness (QED) is 0.402. The van der Waals surface area contributed by atoms with Crippen molar-refractivity contribution in [3.05, 3.63) is 85.4 Å². The molecule has 0 amide bonds. The van der Waals surface area contributed by atoms with E-state index in [1.165, 1.54) is 0 Å². The second-order valence-corrected chi connectivity index (χ2v) is 8.59. The number of nitrogens with zero attached hydrogens (tertiary/aromatic N) is 4. The van der Waals surface area contributed by atoms with Gasteiger partial charge in [-0.25, -0.2) is 0 Å². The Labute approximate surface area is 175 Å². The number of aliphatic imine (C=N–C) groups is 1. The first-order valence-electron chi connectivity index (χ1n) is 8.61. The summed E-state index contributed by atoms with van der Waals surface area (Å²) in [4.78, 5) is 6.86. The van der Waals surface area contributed by atoms with Gasteiger partial charge in [0.15, 0.2) is 5.82 Å². The van der Waals surface area contributed by atoms with Crippen molar-refractivity contribution < 1.29 is 0 Å². The van der Waals surface area contributed by atoms with E-state index >= 15 is 0 Å². The molecule has 4 aromatic rings. The summed E-state index contributed by atoms with van der Waals surface area (Å²) in [5.74, 6) is 8.19. The number of aryl methyl sites for hydroxylation is 1. The number of halogens is 1. The molecule has 1 aromatic carbocycles. The molecule has 0 radical (unpaired) electrons. The Morgan fingerprint density at radius 1 is 1.04 bits per heavy atom. The Balaban J connectivity index is 1.70. The topological polar surface area (TPSA) is 43.1 Å². The highest BCUT2D eigenvalue weighted by atomic mass is 35.5. The maximum atomic E-state index is 6.49. The van der Waals surface area contributed by atoms with Crippen molar-refractivity contribution in [1.29, 1.82) is 0 Å². The van der Waals surface area contributed by atoms with Gasteiger partial charge in [-0.05, 0) is 42.3 Å². The molecule has 0 saturated heterocycles. The van der Waals surface area contributed by atoms with E-state index in [1.54, 1.807) is 22.7 Å². The van der Waals surface area contributed by atoms with Crippen LogP contribution in [0.4, 0.5) is 0 Å². The zero-order chi connectivity index (χ0) is 19.1. The molecule has 0 atom stereocenters. The Morgan fingerprint density at radius 2 is 1.89 bits per heavy atom. The molecule has 0 bridgehead atoms. The van der Waals surface area contributed by atoms with Crippen molar-refractivity contribution in [2.75, 3.05) is 0 Å². The fourth-order valence-electron chi connectivity index (χ4n) is 3.14. The number of benzene rings is 1. The highest BCUT2D eigenvalue weighted by molar-refractivity contribution is 7.15. The van der Waals surface area contributed by atoms with Gasteiger partial charge in [0.2, 0.25) is 0 Å². The molecule has 7 heteroatoms. The molecule has 0 N–H and O–H groups in total. The number of hydrogen-bond acceptors (Lipinski definition) is 5. The Kier molecular flexibility index (Phi) is 4.36. The number of rotatable bonds is 1. The molecule has 0 fully saturated rings.